The van der Waals surface area contributed by atoms with Crippen LogP contribution in [0.15, 0.2) is 54.6 Å². The topological polar surface area (TPSA) is 38.3 Å². The van der Waals surface area contributed by atoms with Crippen LogP contribution in [-0.4, -0.2) is 19.1 Å². The predicted molar refractivity (Wildman–Crippen MR) is 80.8 cm³/mol. The number of anilines is 1. The van der Waals surface area contributed by atoms with Gasteiger partial charge in [-0.1, -0.05) is 42.5 Å². The van der Waals surface area contributed by atoms with Crippen molar-refractivity contribution in [2.24, 2.45) is 0 Å². The molecule has 0 amide bonds. The molecule has 0 fully saturated rings. The Morgan fingerprint density at radius 1 is 1.15 bits per heavy atom. The summed E-state index contributed by atoms with van der Waals surface area (Å²) in [6, 6.07) is 17.5. The summed E-state index contributed by atoms with van der Waals surface area (Å²) < 4.78 is 4.89. The summed E-state index contributed by atoms with van der Waals surface area (Å²) in [5, 5.41) is 3.24. The van der Waals surface area contributed by atoms with E-state index in [0.29, 0.717) is 6.42 Å². The van der Waals surface area contributed by atoms with Crippen molar-refractivity contribution >= 4 is 11.7 Å². The highest BCUT2D eigenvalue weighted by Crippen LogP contribution is 2.14. The summed E-state index contributed by atoms with van der Waals surface area (Å²) >= 11 is 0. The number of esters is 1. The molecule has 1 unspecified atom stereocenters. The van der Waals surface area contributed by atoms with Gasteiger partial charge in [-0.05, 0) is 30.2 Å². The highest BCUT2D eigenvalue weighted by molar-refractivity contribution is 5.79. The van der Waals surface area contributed by atoms with Gasteiger partial charge in [0.25, 0.3) is 0 Å². The minimum absolute atomic E-state index is 0.254. The lowest BCUT2D eigenvalue weighted by molar-refractivity contribution is -0.141. The monoisotopic (exact) mass is 269 g/mol. The number of aryl methyl sites for hydroxylation is 1. The fourth-order valence-electron chi connectivity index (χ4n) is 2.12. The van der Waals surface area contributed by atoms with Crippen LogP contribution in [-0.2, 0) is 16.0 Å². The number of ether oxygens (including phenoxy) is 1. The van der Waals surface area contributed by atoms with Gasteiger partial charge in [-0.15, -0.1) is 0 Å². The average Bonchev–Trinajstić information content (AvgIpc) is 2.47. The molecule has 2 rings (SSSR count). The minimum Gasteiger partial charge on any atom is -0.467 e. The van der Waals surface area contributed by atoms with Crippen LogP contribution in [0.5, 0.6) is 0 Å². The molecule has 3 nitrogen and oxygen atoms in total. The van der Waals surface area contributed by atoms with Crippen LogP contribution in [0.1, 0.15) is 11.1 Å². The van der Waals surface area contributed by atoms with Crippen molar-refractivity contribution in [3.05, 3.63) is 65.7 Å². The highest BCUT2D eigenvalue weighted by atomic mass is 16.5. The van der Waals surface area contributed by atoms with Crippen molar-refractivity contribution in [1.29, 1.82) is 0 Å². The van der Waals surface area contributed by atoms with E-state index in [0.717, 1.165) is 16.8 Å². The van der Waals surface area contributed by atoms with Crippen LogP contribution in [0, 0.1) is 6.92 Å². The summed E-state index contributed by atoms with van der Waals surface area (Å²) in [6.45, 7) is 2.02. The first-order valence-electron chi connectivity index (χ1n) is 6.64. The van der Waals surface area contributed by atoms with E-state index in [4.69, 9.17) is 4.74 Å². The molecule has 0 spiro atoms. The summed E-state index contributed by atoms with van der Waals surface area (Å²) in [7, 11) is 1.41. The van der Waals surface area contributed by atoms with Crippen molar-refractivity contribution in [3.8, 4) is 0 Å². The molecule has 104 valence electrons. The van der Waals surface area contributed by atoms with Crippen molar-refractivity contribution in [3.63, 3.8) is 0 Å². The molecular weight excluding hydrogens is 250 g/mol. The number of hydrogen-bond donors (Lipinski definition) is 1. The lowest BCUT2D eigenvalue weighted by Gasteiger charge is -2.18. The van der Waals surface area contributed by atoms with Crippen LogP contribution < -0.4 is 5.32 Å². The molecule has 2 aromatic rings. The van der Waals surface area contributed by atoms with Crippen LogP contribution in [0.25, 0.3) is 0 Å². The first-order valence-corrected chi connectivity index (χ1v) is 6.64. The molecule has 0 saturated carbocycles. The predicted octanol–water partition coefficient (Wildman–Crippen LogP) is 3.19. The second-order valence-corrected chi connectivity index (χ2v) is 4.78. The SMILES string of the molecule is COC(=O)C(Cc1ccccc1)Nc1cccc(C)c1. The van der Waals surface area contributed by atoms with Crippen LogP contribution >= 0.6 is 0 Å². The molecule has 0 saturated heterocycles. The highest BCUT2D eigenvalue weighted by Gasteiger charge is 2.19. The molecule has 0 heterocycles. The maximum atomic E-state index is 11.9. The van der Waals surface area contributed by atoms with Gasteiger partial charge in [0, 0.05) is 12.1 Å². The quantitative estimate of drug-likeness (QED) is 0.847. The molecule has 20 heavy (non-hydrogen) atoms. The number of methoxy groups -OCH3 is 1. The molecule has 0 bridgehead atoms. The lowest BCUT2D eigenvalue weighted by atomic mass is 10.1. The van der Waals surface area contributed by atoms with E-state index in [1.807, 2.05) is 61.5 Å². The zero-order chi connectivity index (χ0) is 14.4. The third kappa shape index (κ3) is 3.85. The normalized spacial score (nSPS) is 11.7. The van der Waals surface area contributed by atoms with E-state index in [1.54, 1.807) is 0 Å². The minimum atomic E-state index is -0.385. The standard InChI is InChI=1S/C17H19NO2/c1-13-7-6-10-15(11-13)18-16(17(19)20-2)12-14-8-4-3-5-9-14/h3-11,16,18H,12H2,1-2H3. The first kappa shape index (κ1) is 14.1. The third-order valence-electron chi connectivity index (χ3n) is 3.13. The maximum absolute atomic E-state index is 11.9. The largest absolute Gasteiger partial charge is 0.467 e. The van der Waals surface area contributed by atoms with Crippen LogP contribution in [0.4, 0.5) is 5.69 Å². The van der Waals surface area contributed by atoms with Crippen molar-refractivity contribution in [1.82, 2.24) is 0 Å². The van der Waals surface area contributed by atoms with E-state index in [-0.39, 0.29) is 12.0 Å². The molecule has 0 radical (unpaired) electrons. The van der Waals surface area contributed by atoms with Gasteiger partial charge in [0.1, 0.15) is 6.04 Å². The van der Waals surface area contributed by atoms with Crippen LogP contribution in [0.2, 0.25) is 0 Å². The molecule has 1 atom stereocenters. The number of carbonyl (C=O) groups is 1. The summed E-state index contributed by atoms with van der Waals surface area (Å²) in [6.07, 6.45) is 0.599. The number of nitrogens with one attached hydrogen (secondary N) is 1. The second kappa shape index (κ2) is 6.75. The zero-order valence-electron chi connectivity index (χ0n) is 11.8. The van der Waals surface area contributed by atoms with Gasteiger partial charge in [-0.3, -0.25) is 0 Å². The Morgan fingerprint density at radius 3 is 2.55 bits per heavy atom. The Kier molecular flexibility index (Phi) is 4.77. The molecule has 0 aliphatic heterocycles. The molecule has 0 aliphatic carbocycles. The lowest BCUT2D eigenvalue weighted by Crippen LogP contribution is -2.32. The fourth-order valence-corrected chi connectivity index (χ4v) is 2.12. The van der Waals surface area contributed by atoms with Gasteiger partial charge in [-0.25, -0.2) is 4.79 Å². The fraction of sp³-hybridized carbons (Fsp3) is 0.235. The number of rotatable bonds is 5. The van der Waals surface area contributed by atoms with Crippen molar-refractivity contribution < 1.29 is 9.53 Å². The first-order chi connectivity index (χ1) is 9.69. The number of carbonyl (C=O) groups excluding carboxylic acids is 1. The van der Waals surface area contributed by atoms with Gasteiger partial charge in [0.15, 0.2) is 0 Å². The maximum Gasteiger partial charge on any atom is 0.328 e. The van der Waals surface area contributed by atoms with E-state index in [2.05, 4.69) is 5.32 Å². The van der Waals surface area contributed by atoms with E-state index >= 15 is 0 Å². The Labute approximate surface area is 119 Å². The Balaban J connectivity index is 2.14. The third-order valence-corrected chi connectivity index (χ3v) is 3.13. The van der Waals surface area contributed by atoms with Crippen molar-refractivity contribution in [2.75, 3.05) is 12.4 Å². The van der Waals surface area contributed by atoms with Gasteiger partial charge < -0.3 is 10.1 Å². The molecule has 0 aliphatic rings. The smallest absolute Gasteiger partial charge is 0.328 e. The molecule has 0 aromatic heterocycles. The van der Waals surface area contributed by atoms with Gasteiger partial charge >= 0.3 is 5.97 Å². The zero-order valence-corrected chi connectivity index (χ0v) is 11.8. The molecule has 2 aromatic carbocycles. The van der Waals surface area contributed by atoms with Gasteiger partial charge in [0.05, 0.1) is 7.11 Å². The second-order valence-electron chi connectivity index (χ2n) is 4.78. The van der Waals surface area contributed by atoms with E-state index < -0.39 is 0 Å². The molecular formula is C17H19NO2. The van der Waals surface area contributed by atoms with Gasteiger partial charge in [-0.2, -0.15) is 0 Å². The number of benzene rings is 2. The van der Waals surface area contributed by atoms with Crippen LogP contribution in [0.3, 0.4) is 0 Å². The van der Waals surface area contributed by atoms with Gasteiger partial charge in [0.2, 0.25) is 0 Å². The number of hydrogen-bond acceptors (Lipinski definition) is 3. The average molecular weight is 269 g/mol. The summed E-state index contributed by atoms with van der Waals surface area (Å²) in [5.41, 5.74) is 3.18. The van der Waals surface area contributed by atoms with E-state index in [1.165, 1.54) is 7.11 Å². The Bertz CT molecular complexity index is 566. The summed E-state index contributed by atoms with van der Waals surface area (Å²) in [5.74, 6) is -0.254. The molecule has 3 heteroatoms. The van der Waals surface area contributed by atoms with Crippen molar-refractivity contribution in [2.45, 2.75) is 19.4 Å². The Morgan fingerprint density at radius 2 is 1.90 bits per heavy atom. The summed E-state index contributed by atoms with van der Waals surface area (Å²) in [4.78, 5) is 11.9. The Hall–Kier alpha value is -2.29. The van der Waals surface area contributed by atoms with E-state index in [9.17, 15) is 4.79 Å². The molecule has 1 N–H and O–H groups in total.